The van der Waals surface area contributed by atoms with Crippen molar-refractivity contribution in [1.82, 2.24) is 9.97 Å². The number of carbonyl (C=O) groups excluding carboxylic acids is 2. The van der Waals surface area contributed by atoms with Gasteiger partial charge in [0, 0.05) is 24.1 Å². The number of nitriles is 1. The summed E-state index contributed by atoms with van der Waals surface area (Å²) in [5, 5.41) is 14.7. The first-order valence-corrected chi connectivity index (χ1v) is 9.52. The van der Waals surface area contributed by atoms with E-state index in [1.165, 1.54) is 12.1 Å². The summed E-state index contributed by atoms with van der Waals surface area (Å²) in [6, 6.07) is 15.7. The molecule has 2 amide bonds. The van der Waals surface area contributed by atoms with Crippen LogP contribution in [0.4, 0.5) is 15.8 Å². The first-order chi connectivity index (χ1) is 15.5. The largest absolute Gasteiger partial charge is 0.453 e. The molecule has 2 aromatic carbocycles. The molecule has 2 heterocycles. The number of para-hydroxylation sites is 1. The fraction of sp³-hybridized carbons (Fsp3) is 0.0435. The maximum Gasteiger partial charge on any atom is 0.233 e. The van der Waals surface area contributed by atoms with Crippen LogP contribution in [0.2, 0.25) is 0 Å². The maximum absolute atomic E-state index is 14.5. The topological polar surface area (TPSA) is 120 Å². The highest BCUT2D eigenvalue weighted by Gasteiger charge is 2.14. The third kappa shape index (κ3) is 4.55. The van der Waals surface area contributed by atoms with E-state index >= 15 is 0 Å². The first kappa shape index (κ1) is 20.6. The lowest BCUT2D eigenvalue weighted by Crippen LogP contribution is -2.21. The normalized spacial score (nSPS) is 10.4. The highest BCUT2D eigenvalue weighted by Crippen LogP contribution is 2.31. The van der Waals surface area contributed by atoms with Crippen LogP contribution in [0.25, 0.3) is 11.0 Å². The third-order valence-corrected chi connectivity index (χ3v) is 4.50. The second-order valence-corrected chi connectivity index (χ2v) is 6.73. The van der Waals surface area contributed by atoms with E-state index in [4.69, 9.17) is 10.00 Å². The Hall–Kier alpha value is -4.71. The average molecular weight is 429 g/mol. The van der Waals surface area contributed by atoms with Gasteiger partial charge in [0.2, 0.25) is 11.8 Å². The molecule has 0 aliphatic rings. The monoisotopic (exact) mass is 429 g/mol. The van der Waals surface area contributed by atoms with E-state index in [0.717, 1.165) is 6.07 Å². The number of halogens is 1. The molecule has 0 fully saturated rings. The van der Waals surface area contributed by atoms with Crippen LogP contribution in [0.5, 0.6) is 11.5 Å². The van der Waals surface area contributed by atoms with Gasteiger partial charge in [-0.2, -0.15) is 5.26 Å². The molecule has 0 radical (unpaired) electrons. The number of ether oxygens (including phenoxy) is 1. The summed E-state index contributed by atoms with van der Waals surface area (Å²) in [5.74, 6) is -1.51. The summed E-state index contributed by atoms with van der Waals surface area (Å²) in [5.41, 5.74) is 1.38. The van der Waals surface area contributed by atoms with Crippen molar-refractivity contribution in [1.29, 1.82) is 5.26 Å². The number of aromatic nitrogens is 2. The molecular weight excluding hydrogens is 413 g/mol. The summed E-state index contributed by atoms with van der Waals surface area (Å²) in [7, 11) is 0. The van der Waals surface area contributed by atoms with Gasteiger partial charge >= 0.3 is 0 Å². The minimum atomic E-state index is -0.685. The summed E-state index contributed by atoms with van der Waals surface area (Å²) < 4.78 is 20.2. The zero-order chi connectivity index (χ0) is 22.5. The molecule has 0 aliphatic carbocycles. The van der Waals surface area contributed by atoms with E-state index in [1.54, 1.807) is 48.8 Å². The van der Waals surface area contributed by atoms with E-state index in [-0.39, 0.29) is 17.0 Å². The molecule has 8 nitrogen and oxygen atoms in total. The number of pyridine rings is 1. The van der Waals surface area contributed by atoms with Gasteiger partial charge in [-0.05, 0) is 36.4 Å². The fourth-order valence-electron chi connectivity index (χ4n) is 3.04. The minimum Gasteiger partial charge on any atom is -0.453 e. The predicted molar refractivity (Wildman–Crippen MR) is 116 cm³/mol. The van der Waals surface area contributed by atoms with E-state index in [0.29, 0.717) is 22.5 Å². The number of anilines is 2. The van der Waals surface area contributed by atoms with Gasteiger partial charge in [0.05, 0.1) is 16.6 Å². The van der Waals surface area contributed by atoms with E-state index in [2.05, 4.69) is 20.6 Å². The first-order valence-electron chi connectivity index (χ1n) is 9.52. The lowest BCUT2D eigenvalue weighted by molar-refractivity contribution is -0.123. The van der Waals surface area contributed by atoms with Crippen LogP contribution < -0.4 is 15.4 Å². The van der Waals surface area contributed by atoms with Crippen molar-refractivity contribution in [3.8, 4) is 17.6 Å². The molecule has 0 aliphatic heterocycles. The number of aromatic amines is 1. The summed E-state index contributed by atoms with van der Waals surface area (Å²) in [4.78, 5) is 31.4. The number of hydrogen-bond acceptors (Lipinski definition) is 5. The molecule has 4 aromatic rings. The quantitative estimate of drug-likeness (QED) is 0.394. The Balaban J connectivity index is 1.39. The van der Waals surface area contributed by atoms with Crippen LogP contribution in [-0.2, 0) is 9.59 Å². The fourth-order valence-corrected chi connectivity index (χ4v) is 3.04. The van der Waals surface area contributed by atoms with Gasteiger partial charge in [-0.3, -0.25) is 9.59 Å². The molecular formula is C23H16FN5O3. The van der Waals surface area contributed by atoms with Gasteiger partial charge in [0.25, 0.3) is 0 Å². The summed E-state index contributed by atoms with van der Waals surface area (Å²) in [6.07, 6.45) is 2.75. The van der Waals surface area contributed by atoms with Crippen LogP contribution in [0.15, 0.2) is 67.0 Å². The number of carbonyl (C=O) groups is 2. The molecule has 0 saturated carbocycles. The smallest absolute Gasteiger partial charge is 0.233 e. The van der Waals surface area contributed by atoms with E-state index in [1.807, 2.05) is 6.07 Å². The van der Waals surface area contributed by atoms with Crippen molar-refractivity contribution < 1.29 is 18.7 Å². The van der Waals surface area contributed by atoms with Crippen molar-refractivity contribution >= 4 is 34.2 Å². The molecule has 0 bridgehead atoms. The van der Waals surface area contributed by atoms with Gasteiger partial charge in [0.1, 0.15) is 23.9 Å². The molecule has 0 atom stereocenters. The van der Waals surface area contributed by atoms with Gasteiger partial charge in [-0.1, -0.05) is 12.1 Å². The lowest BCUT2D eigenvalue weighted by atomic mass is 10.2. The van der Waals surface area contributed by atoms with Crippen molar-refractivity contribution in [3.63, 3.8) is 0 Å². The van der Waals surface area contributed by atoms with Crippen LogP contribution in [0.3, 0.4) is 0 Å². The van der Waals surface area contributed by atoms with Crippen molar-refractivity contribution in [2.45, 2.75) is 6.42 Å². The van der Waals surface area contributed by atoms with Crippen LogP contribution in [0.1, 0.15) is 12.0 Å². The van der Waals surface area contributed by atoms with Gasteiger partial charge in [-0.15, -0.1) is 0 Å². The van der Waals surface area contributed by atoms with Crippen molar-refractivity contribution in [2.75, 3.05) is 10.6 Å². The second-order valence-electron chi connectivity index (χ2n) is 6.73. The van der Waals surface area contributed by atoms with Crippen molar-refractivity contribution in [2.24, 2.45) is 0 Å². The number of nitrogens with one attached hydrogen (secondary N) is 3. The number of rotatable bonds is 6. The Morgan fingerprint density at radius 3 is 2.69 bits per heavy atom. The Morgan fingerprint density at radius 1 is 1.06 bits per heavy atom. The Labute approximate surface area is 181 Å². The third-order valence-electron chi connectivity index (χ3n) is 4.50. The molecule has 2 aromatic heterocycles. The second kappa shape index (κ2) is 8.97. The van der Waals surface area contributed by atoms with Gasteiger partial charge < -0.3 is 20.4 Å². The molecule has 0 spiro atoms. The summed E-state index contributed by atoms with van der Waals surface area (Å²) >= 11 is 0. The predicted octanol–water partition coefficient (Wildman–Crippen LogP) is 4.33. The zero-order valence-corrected chi connectivity index (χ0v) is 16.6. The molecule has 0 unspecified atom stereocenters. The highest BCUT2D eigenvalue weighted by atomic mass is 19.1. The lowest BCUT2D eigenvalue weighted by Gasteiger charge is -2.10. The number of fused-ring (bicyclic) bond motifs is 1. The standard InChI is InChI=1S/C23H16FN5O3/c24-17-11-15(5-6-20(17)32-19-8-10-27-23-16(19)7-9-26-23)28-21(30)12-22(31)29-18-4-2-1-3-14(18)13-25/h1-11H,12H2,(H,26,27)(H,28,30)(H,29,31). The van der Waals surface area contributed by atoms with Crippen molar-refractivity contribution in [3.05, 3.63) is 78.4 Å². The number of benzene rings is 2. The Bertz CT molecular complexity index is 1360. The Kier molecular flexibility index (Phi) is 5.76. The number of hydrogen-bond donors (Lipinski definition) is 3. The van der Waals surface area contributed by atoms with E-state index < -0.39 is 24.1 Å². The molecule has 158 valence electrons. The Morgan fingerprint density at radius 2 is 1.88 bits per heavy atom. The minimum absolute atomic E-state index is 0.0254. The van der Waals surface area contributed by atoms with Crippen LogP contribution in [0, 0.1) is 17.1 Å². The molecule has 4 rings (SSSR count). The van der Waals surface area contributed by atoms with Crippen LogP contribution in [-0.4, -0.2) is 21.8 Å². The summed E-state index contributed by atoms with van der Waals surface area (Å²) in [6.45, 7) is 0. The molecule has 0 saturated heterocycles. The highest BCUT2D eigenvalue weighted by molar-refractivity contribution is 6.08. The van der Waals surface area contributed by atoms with Gasteiger partial charge in [0.15, 0.2) is 11.6 Å². The maximum atomic E-state index is 14.5. The average Bonchev–Trinajstić information content (AvgIpc) is 3.25. The number of nitrogens with zero attached hydrogens (tertiary/aromatic N) is 2. The molecule has 9 heteroatoms. The molecule has 3 N–H and O–H groups in total. The SMILES string of the molecule is N#Cc1ccccc1NC(=O)CC(=O)Nc1ccc(Oc2ccnc3[nH]ccc23)c(F)c1. The van der Waals surface area contributed by atoms with E-state index in [9.17, 15) is 14.0 Å². The van der Waals surface area contributed by atoms with Gasteiger partial charge in [-0.25, -0.2) is 9.37 Å². The number of H-pyrrole nitrogens is 1. The number of amides is 2. The molecule has 32 heavy (non-hydrogen) atoms. The zero-order valence-electron chi connectivity index (χ0n) is 16.6. The van der Waals surface area contributed by atoms with Crippen LogP contribution >= 0.6 is 0 Å².